The summed E-state index contributed by atoms with van der Waals surface area (Å²) in [7, 11) is 0. The lowest BCUT2D eigenvalue weighted by Gasteiger charge is -2.13. The van der Waals surface area contributed by atoms with E-state index in [-0.39, 0.29) is 18.0 Å². The second kappa shape index (κ2) is 6.17. The SMILES string of the molecule is Cc1cc(C)c(C(=O)NC(C)CCC(=O)O)c(=O)[nH]1. The number of H-pyrrole nitrogens is 1. The van der Waals surface area contributed by atoms with Gasteiger partial charge < -0.3 is 15.4 Å². The summed E-state index contributed by atoms with van der Waals surface area (Å²) in [6.07, 6.45) is 0.300. The zero-order valence-corrected chi connectivity index (χ0v) is 11.2. The summed E-state index contributed by atoms with van der Waals surface area (Å²) in [5.41, 5.74) is 0.940. The van der Waals surface area contributed by atoms with Crippen molar-refractivity contribution in [1.29, 1.82) is 0 Å². The van der Waals surface area contributed by atoms with Crippen LogP contribution in [0.3, 0.4) is 0 Å². The van der Waals surface area contributed by atoms with Crippen LogP contribution in [0.1, 0.15) is 41.4 Å². The molecule has 1 atom stereocenters. The van der Waals surface area contributed by atoms with E-state index in [0.717, 1.165) is 0 Å². The maximum atomic E-state index is 12.0. The van der Waals surface area contributed by atoms with Crippen molar-refractivity contribution in [2.45, 2.75) is 39.7 Å². The number of nitrogens with one attached hydrogen (secondary N) is 2. The second-order valence-corrected chi connectivity index (χ2v) is 4.65. The van der Waals surface area contributed by atoms with Gasteiger partial charge in [-0.15, -0.1) is 0 Å². The first-order chi connectivity index (χ1) is 8.81. The molecule has 0 fully saturated rings. The topological polar surface area (TPSA) is 99.3 Å². The van der Waals surface area contributed by atoms with Gasteiger partial charge in [0.1, 0.15) is 5.56 Å². The van der Waals surface area contributed by atoms with Gasteiger partial charge in [-0.25, -0.2) is 0 Å². The van der Waals surface area contributed by atoms with Crippen molar-refractivity contribution in [3.05, 3.63) is 33.2 Å². The average Bonchev–Trinajstić information content (AvgIpc) is 2.24. The molecule has 6 heteroatoms. The fraction of sp³-hybridized carbons (Fsp3) is 0.462. The summed E-state index contributed by atoms with van der Waals surface area (Å²) < 4.78 is 0. The first kappa shape index (κ1) is 14.9. The van der Waals surface area contributed by atoms with Crippen molar-refractivity contribution >= 4 is 11.9 Å². The summed E-state index contributed by atoms with van der Waals surface area (Å²) in [6, 6.07) is 1.42. The normalized spacial score (nSPS) is 11.9. The molecule has 0 bridgehead atoms. The van der Waals surface area contributed by atoms with Gasteiger partial charge in [-0.1, -0.05) is 0 Å². The first-order valence-corrected chi connectivity index (χ1v) is 6.04. The number of carbonyl (C=O) groups is 2. The van der Waals surface area contributed by atoms with Crippen molar-refractivity contribution in [1.82, 2.24) is 10.3 Å². The summed E-state index contributed by atoms with van der Waals surface area (Å²) >= 11 is 0. The highest BCUT2D eigenvalue weighted by atomic mass is 16.4. The molecule has 1 amide bonds. The van der Waals surface area contributed by atoms with Gasteiger partial charge in [0.05, 0.1) is 0 Å². The molecule has 0 saturated carbocycles. The Kier molecular flexibility index (Phi) is 4.86. The number of pyridine rings is 1. The highest BCUT2D eigenvalue weighted by Crippen LogP contribution is 2.05. The number of hydrogen-bond acceptors (Lipinski definition) is 3. The highest BCUT2D eigenvalue weighted by molar-refractivity contribution is 5.95. The predicted molar refractivity (Wildman–Crippen MR) is 70.3 cm³/mol. The van der Waals surface area contributed by atoms with Gasteiger partial charge in [0.15, 0.2) is 0 Å². The van der Waals surface area contributed by atoms with E-state index in [1.807, 2.05) is 0 Å². The number of carboxylic acids is 1. The van der Waals surface area contributed by atoms with Gasteiger partial charge in [-0.2, -0.15) is 0 Å². The summed E-state index contributed by atoms with van der Waals surface area (Å²) in [5, 5.41) is 11.2. The predicted octanol–water partition coefficient (Wildman–Crippen LogP) is 0.975. The van der Waals surface area contributed by atoms with Crippen molar-refractivity contribution in [2.24, 2.45) is 0 Å². The Balaban J connectivity index is 2.79. The van der Waals surface area contributed by atoms with E-state index in [2.05, 4.69) is 10.3 Å². The minimum Gasteiger partial charge on any atom is -0.481 e. The van der Waals surface area contributed by atoms with E-state index < -0.39 is 17.4 Å². The van der Waals surface area contributed by atoms with Crippen molar-refractivity contribution < 1.29 is 14.7 Å². The number of aromatic amines is 1. The number of aromatic nitrogens is 1. The summed E-state index contributed by atoms with van der Waals surface area (Å²) in [6.45, 7) is 5.14. The molecule has 0 spiro atoms. The molecule has 0 radical (unpaired) electrons. The van der Waals surface area contributed by atoms with Crippen molar-refractivity contribution in [3.63, 3.8) is 0 Å². The number of rotatable bonds is 5. The van der Waals surface area contributed by atoms with E-state index in [1.165, 1.54) is 0 Å². The van der Waals surface area contributed by atoms with E-state index in [1.54, 1.807) is 26.8 Å². The standard InChI is InChI=1S/C13H18N2O4/c1-7-6-9(3)15-13(19)11(7)12(18)14-8(2)4-5-10(16)17/h6,8H,4-5H2,1-3H3,(H,14,18)(H,15,19)(H,16,17). The smallest absolute Gasteiger partial charge is 0.303 e. The Hall–Kier alpha value is -2.11. The van der Waals surface area contributed by atoms with Crippen LogP contribution < -0.4 is 10.9 Å². The van der Waals surface area contributed by atoms with Gasteiger partial charge in [0, 0.05) is 18.2 Å². The van der Waals surface area contributed by atoms with Crippen LogP contribution in [-0.4, -0.2) is 28.0 Å². The summed E-state index contributed by atoms with van der Waals surface area (Å²) in [4.78, 5) is 36.7. The molecule has 0 aliphatic carbocycles. The van der Waals surface area contributed by atoms with E-state index >= 15 is 0 Å². The number of amides is 1. The van der Waals surface area contributed by atoms with E-state index in [0.29, 0.717) is 17.7 Å². The number of carboxylic acid groups (broad SMARTS) is 1. The maximum Gasteiger partial charge on any atom is 0.303 e. The van der Waals surface area contributed by atoms with Crippen LogP contribution in [0.15, 0.2) is 10.9 Å². The molecule has 0 aliphatic heterocycles. The van der Waals surface area contributed by atoms with Crippen molar-refractivity contribution in [2.75, 3.05) is 0 Å². The zero-order chi connectivity index (χ0) is 14.6. The molecule has 0 saturated heterocycles. The molecule has 6 nitrogen and oxygen atoms in total. The lowest BCUT2D eigenvalue weighted by Crippen LogP contribution is -2.37. The molecule has 1 unspecified atom stereocenters. The van der Waals surface area contributed by atoms with Crippen LogP contribution in [0, 0.1) is 13.8 Å². The van der Waals surface area contributed by atoms with Gasteiger partial charge in [-0.05, 0) is 38.8 Å². The van der Waals surface area contributed by atoms with Gasteiger partial charge >= 0.3 is 5.97 Å². The van der Waals surface area contributed by atoms with Crippen LogP contribution in [0.2, 0.25) is 0 Å². The van der Waals surface area contributed by atoms with Crippen LogP contribution >= 0.6 is 0 Å². The minimum absolute atomic E-state index is 0.0231. The first-order valence-electron chi connectivity index (χ1n) is 6.04. The molecule has 1 heterocycles. The third-order valence-electron chi connectivity index (χ3n) is 2.76. The van der Waals surface area contributed by atoms with Gasteiger partial charge in [0.25, 0.3) is 11.5 Å². The molecule has 3 N–H and O–H groups in total. The Morgan fingerprint density at radius 1 is 1.42 bits per heavy atom. The van der Waals surface area contributed by atoms with Gasteiger partial charge in [-0.3, -0.25) is 14.4 Å². The molecular formula is C13H18N2O4. The Labute approximate surface area is 110 Å². The fourth-order valence-electron chi connectivity index (χ4n) is 1.84. The molecule has 0 aromatic carbocycles. The minimum atomic E-state index is -0.912. The molecule has 104 valence electrons. The maximum absolute atomic E-state index is 12.0. The number of aryl methyl sites for hydroxylation is 2. The van der Waals surface area contributed by atoms with Crippen LogP contribution in [0.25, 0.3) is 0 Å². The third kappa shape index (κ3) is 4.24. The number of hydrogen-bond donors (Lipinski definition) is 3. The second-order valence-electron chi connectivity index (χ2n) is 4.65. The zero-order valence-electron chi connectivity index (χ0n) is 11.2. The Morgan fingerprint density at radius 2 is 2.05 bits per heavy atom. The molecular weight excluding hydrogens is 248 g/mol. The van der Waals surface area contributed by atoms with E-state index in [4.69, 9.17) is 5.11 Å². The van der Waals surface area contributed by atoms with Crippen LogP contribution in [0.5, 0.6) is 0 Å². The van der Waals surface area contributed by atoms with E-state index in [9.17, 15) is 14.4 Å². The van der Waals surface area contributed by atoms with Crippen LogP contribution in [-0.2, 0) is 4.79 Å². The summed E-state index contributed by atoms with van der Waals surface area (Å²) in [5.74, 6) is -1.39. The lowest BCUT2D eigenvalue weighted by molar-refractivity contribution is -0.137. The third-order valence-corrected chi connectivity index (χ3v) is 2.76. The average molecular weight is 266 g/mol. The molecule has 1 rings (SSSR count). The molecule has 0 aliphatic rings. The highest BCUT2D eigenvalue weighted by Gasteiger charge is 2.16. The van der Waals surface area contributed by atoms with Crippen LogP contribution in [0.4, 0.5) is 0 Å². The molecule has 19 heavy (non-hydrogen) atoms. The quantitative estimate of drug-likeness (QED) is 0.739. The largest absolute Gasteiger partial charge is 0.481 e. The monoisotopic (exact) mass is 266 g/mol. The fourth-order valence-corrected chi connectivity index (χ4v) is 1.84. The molecule has 1 aromatic heterocycles. The number of aliphatic carboxylic acids is 1. The Morgan fingerprint density at radius 3 is 2.58 bits per heavy atom. The number of carbonyl (C=O) groups excluding carboxylic acids is 1. The van der Waals surface area contributed by atoms with Gasteiger partial charge in [0.2, 0.25) is 0 Å². The lowest BCUT2D eigenvalue weighted by atomic mass is 10.1. The Bertz CT molecular complexity index is 548. The molecule has 1 aromatic rings. The van der Waals surface area contributed by atoms with Crippen molar-refractivity contribution in [3.8, 4) is 0 Å².